The molecule has 82 valence electrons. The normalized spacial score (nSPS) is 11.3. The van der Waals surface area contributed by atoms with Gasteiger partial charge < -0.3 is 0 Å². The summed E-state index contributed by atoms with van der Waals surface area (Å²) in [5, 5.41) is 15.2. The van der Waals surface area contributed by atoms with Crippen LogP contribution in [0.15, 0.2) is 24.3 Å². The smallest absolute Gasteiger partial charge is 0.258 e. The summed E-state index contributed by atoms with van der Waals surface area (Å²) in [6.45, 7) is 0. The topological polar surface area (TPSA) is 103 Å². The van der Waals surface area contributed by atoms with Gasteiger partial charge in [-0.1, -0.05) is 12.1 Å². The molecule has 0 aliphatic rings. The van der Waals surface area contributed by atoms with E-state index in [1.807, 2.05) is 0 Å². The third kappa shape index (κ3) is 4.05. The lowest BCUT2D eigenvalue weighted by Gasteiger charge is -1.99. The highest BCUT2D eigenvalue weighted by molar-refractivity contribution is 7.89. The molecule has 0 fully saturated rings. The zero-order valence-corrected chi connectivity index (χ0v) is 8.61. The molecule has 1 rings (SSSR count). The van der Waals surface area contributed by atoms with E-state index in [2.05, 4.69) is 0 Å². The first kappa shape index (κ1) is 11.6. The van der Waals surface area contributed by atoms with Crippen LogP contribution < -0.4 is 5.14 Å². The third-order valence-corrected chi connectivity index (χ3v) is 2.57. The molecule has 0 unspecified atom stereocenters. The van der Waals surface area contributed by atoms with E-state index in [1.165, 1.54) is 18.2 Å². The average molecular weight is 230 g/mol. The second kappa shape index (κ2) is 4.37. The van der Waals surface area contributed by atoms with Crippen LogP contribution in [0.1, 0.15) is 5.56 Å². The predicted molar refractivity (Wildman–Crippen MR) is 54.8 cm³/mol. The molecule has 0 saturated carbocycles. The van der Waals surface area contributed by atoms with Crippen molar-refractivity contribution < 1.29 is 13.3 Å². The Morgan fingerprint density at radius 2 is 2.07 bits per heavy atom. The molecule has 15 heavy (non-hydrogen) atoms. The molecule has 6 nitrogen and oxygen atoms in total. The van der Waals surface area contributed by atoms with E-state index in [9.17, 15) is 18.5 Å². The molecule has 0 spiro atoms. The predicted octanol–water partition coefficient (Wildman–Crippen LogP) is 0.426. The van der Waals surface area contributed by atoms with Crippen molar-refractivity contribution in [3.8, 4) is 0 Å². The molecule has 0 aliphatic carbocycles. The second-order valence-corrected chi connectivity index (χ2v) is 4.78. The van der Waals surface area contributed by atoms with Crippen LogP contribution in [-0.2, 0) is 16.4 Å². The number of benzene rings is 1. The molecule has 0 atom stereocenters. The monoisotopic (exact) mass is 230 g/mol. The van der Waals surface area contributed by atoms with E-state index in [1.54, 1.807) is 6.07 Å². The Morgan fingerprint density at radius 1 is 1.40 bits per heavy atom. The maximum atomic E-state index is 10.7. The lowest BCUT2D eigenvalue weighted by atomic mass is 10.1. The second-order valence-electron chi connectivity index (χ2n) is 3.04. The van der Waals surface area contributed by atoms with Gasteiger partial charge >= 0.3 is 0 Å². The molecular formula is C8H10N2O4S. The van der Waals surface area contributed by atoms with E-state index in [4.69, 9.17) is 5.14 Å². The minimum absolute atomic E-state index is 0.0538. The zero-order valence-electron chi connectivity index (χ0n) is 7.79. The summed E-state index contributed by atoms with van der Waals surface area (Å²) in [5.41, 5.74) is 0.528. The maximum Gasteiger partial charge on any atom is 0.269 e. The van der Waals surface area contributed by atoms with Crippen molar-refractivity contribution >= 4 is 15.7 Å². The van der Waals surface area contributed by atoms with Crippen LogP contribution in [0.5, 0.6) is 0 Å². The summed E-state index contributed by atoms with van der Waals surface area (Å²) in [7, 11) is -3.53. The fourth-order valence-electron chi connectivity index (χ4n) is 1.09. The van der Waals surface area contributed by atoms with E-state index >= 15 is 0 Å². The molecule has 0 radical (unpaired) electrons. The van der Waals surface area contributed by atoms with Gasteiger partial charge in [-0.3, -0.25) is 10.1 Å². The Hall–Kier alpha value is -1.47. The molecule has 7 heteroatoms. The number of nitro groups is 1. The number of non-ortho nitro benzene ring substituents is 1. The Labute approximate surface area is 86.9 Å². The van der Waals surface area contributed by atoms with Crippen LogP contribution in [0.4, 0.5) is 5.69 Å². The number of hydrogen-bond donors (Lipinski definition) is 1. The molecule has 0 bridgehead atoms. The Balaban J connectivity index is 2.79. The van der Waals surface area contributed by atoms with Gasteiger partial charge in [0, 0.05) is 12.1 Å². The van der Waals surface area contributed by atoms with Crippen LogP contribution in [0.25, 0.3) is 0 Å². The van der Waals surface area contributed by atoms with Crippen molar-refractivity contribution in [2.24, 2.45) is 5.14 Å². The van der Waals surface area contributed by atoms with E-state index in [-0.39, 0.29) is 17.9 Å². The van der Waals surface area contributed by atoms with Gasteiger partial charge in [-0.15, -0.1) is 0 Å². The third-order valence-electron chi connectivity index (χ3n) is 1.80. The molecule has 2 N–H and O–H groups in total. The van der Waals surface area contributed by atoms with Crippen molar-refractivity contribution in [3.63, 3.8) is 0 Å². The summed E-state index contributed by atoms with van der Waals surface area (Å²) in [5.74, 6) is -0.214. The molecular weight excluding hydrogens is 220 g/mol. The standard InChI is InChI=1S/C8H10N2O4S/c9-15(13,14)5-4-7-2-1-3-8(6-7)10(11)12/h1-3,6H,4-5H2,(H2,9,13,14). The van der Waals surface area contributed by atoms with E-state index < -0.39 is 14.9 Å². The number of nitrogens with zero attached hydrogens (tertiary/aromatic N) is 1. The number of nitrogens with two attached hydrogens (primary N) is 1. The van der Waals surface area contributed by atoms with Crippen LogP contribution >= 0.6 is 0 Å². The SMILES string of the molecule is NS(=O)(=O)CCc1cccc([N+](=O)[O-])c1. The van der Waals surface area contributed by atoms with Crippen LogP contribution in [0.3, 0.4) is 0 Å². The summed E-state index contributed by atoms with van der Waals surface area (Å²) >= 11 is 0. The summed E-state index contributed by atoms with van der Waals surface area (Å²) in [6, 6.07) is 5.82. The lowest BCUT2D eigenvalue weighted by molar-refractivity contribution is -0.384. The highest BCUT2D eigenvalue weighted by Gasteiger charge is 2.08. The molecule has 0 heterocycles. The molecule has 0 saturated heterocycles. The first-order chi connectivity index (χ1) is 6.88. The van der Waals surface area contributed by atoms with E-state index in [0.717, 1.165) is 0 Å². The minimum Gasteiger partial charge on any atom is -0.258 e. The summed E-state index contributed by atoms with van der Waals surface area (Å²) < 4.78 is 21.3. The van der Waals surface area contributed by atoms with E-state index in [0.29, 0.717) is 5.56 Å². The molecule has 0 aromatic heterocycles. The molecule has 1 aromatic carbocycles. The van der Waals surface area contributed by atoms with Gasteiger partial charge in [-0.25, -0.2) is 13.6 Å². The fraction of sp³-hybridized carbons (Fsp3) is 0.250. The maximum absolute atomic E-state index is 10.7. The van der Waals surface area contributed by atoms with Gasteiger partial charge in [0.15, 0.2) is 0 Å². The Kier molecular flexibility index (Phi) is 3.38. The van der Waals surface area contributed by atoms with Crippen molar-refractivity contribution in [3.05, 3.63) is 39.9 Å². The quantitative estimate of drug-likeness (QED) is 0.598. The lowest BCUT2D eigenvalue weighted by Crippen LogP contribution is -2.17. The summed E-state index contributed by atoms with van der Waals surface area (Å²) in [4.78, 5) is 9.89. The van der Waals surface area contributed by atoms with Gasteiger partial charge in [0.05, 0.1) is 10.7 Å². The average Bonchev–Trinajstić information content (AvgIpc) is 2.14. The first-order valence-corrected chi connectivity index (χ1v) is 5.84. The number of nitro benzene ring substituents is 1. The van der Waals surface area contributed by atoms with Crippen LogP contribution in [-0.4, -0.2) is 19.1 Å². The first-order valence-electron chi connectivity index (χ1n) is 4.12. The largest absolute Gasteiger partial charge is 0.269 e. The number of aryl methyl sites for hydroxylation is 1. The Morgan fingerprint density at radius 3 is 2.60 bits per heavy atom. The van der Waals surface area contributed by atoms with Gasteiger partial charge in [0.25, 0.3) is 5.69 Å². The minimum atomic E-state index is -3.53. The van der Waals surface area contributed by atoms with Crippen LogP contribution in [0.2, 0.25) is 0 Å². The fourth-order valence-corrected chi connectivity index (χ4v) is 1.61. The van der Waals surface area contributed by atoms with Crippen LogP contribution in [0, 0.1) is 10.1 Å². The van der Waals surface area contributed by atoms with Crippen molar-refractivity contribution in [1.82, 2.24) is 0 Å². The van der Waals surface area contributed by atoms with Gasteiger partial charge in [0.2, 0.25) is 10.0 Å². The van der Waals surface area contributed by atoms with Crippen molar-refractivity contribution in [1.29, 1.82) is 0 Å². The number of hydrogen-bond acceptors (Lipinski definition) is 4. The highest BCUT2D eigenvalue weighted by Crippen LogP contribution is 2.13. The van der Waals surface area contributed by atoms with Gasteiger partial charge in [-0.2, -0.15) is 0 Å². The molecule has 0 amide bonds. The molecule has 1 aromatic rings. The van der Waals surface area contributed by atoms with Crippen molar-refractivity contribution in [2.75, 3.05) is 5.75 Å². The zero-order chi connectivity index (χ0) is 11.5. The highest BCUT2D eigenvalue weighted by atomic mass is 32.2. The Bertz CT molecular complexity index is 469. The molecule has 0 aliphatic heterocycles. The van der Waals surface area contributed by atoms with Crippen molar-refractivity contribution in [2.45, 2.75) is 6.42 Å². The number of sulfonamides is 1. The number of rotatable bonds is 4. The number of primary sulfonamides is 1. The van der Waals surface area contributed by atoms with Gasteiger partial charge in [-0.05, 0) is 12.0 Å². The summed E-state index contributed by atoms with van der Waals surface area (Å²) in [6.07, 6.45) is 0.181. The van der Waals surface area contributed by atoms with Gasteiger partial charge in [0.1, 0.15) is 0 Å².